The molecule has 0 saturated carbocycles. The SMILES string of the molecule is CCN(CC)c1ccc(C2/C(=C(/O)c3ccc4ccccc4c3)C(=O)C(=O)N2c2cccc(Cl)c2)cc1. The summed E-state index contributed by atoms with van der Waals surface area (Å²) in [5.74, 6) is -1.64. The lowest BCUT2D eigenvalue weighted by Gasteiger charge is -2.27. The van der Waals surface area contributed by atoms with Crippen LogP contribution in [0.2, 0.25) is 5.02 Å². The molecule has 0 radical (unpaired) electrons. The van der Waals surface area contributed by atoms with E-state index >= 15 is 0 Å². The number of halogens is 1. The number of carbonyl (C=O) groups excluding carboxylic acids is 2. The molecule has 5 rings (SSSR count). The minimum atomic E-state index is -0.810. The van der Waals surface area contributed by atoms with Gasteiger partial charge in [0.25, 0.3) is 11.7 Å². The molecular formula is C31H27ClN2O3. The molecule has 1 unspecified atom stereocenters. The number of ketones is 1. The van der Waals surface area contributed by atoms with Crippen LogP contribution in [-0.4, -0.2) is 29.9 Å². The Kier molecular flexibility index (Phi) is 6.72. The Hall–Kier alpha value is -4.09. The Morgan fingerprint density at radius 1 is 0.865 bits per heavy atom. The molecule has 37 heavy (non-hydrogen) atoms. The van der Waals surface area contributed by atoms with Gasteiger partial charge in [-0.2, -0.15) is 0 Å². The zero-order valence-electron chi connectivity index (χ0n) is 20.7. The highest BCUT2D eigenvalue weighted by Crippen LogP contribution is 2.43. The highest BCUT2D eigenvalue weighted by molar-refractivity contribution is 6.51. The minimum Gasteiger partial charge on any atom is -0.507 e. The van der Waals surface area contributed by atoms with Crippen LogP contribution in [0.5, 0.6) is 0 Å². The zero-order chi connectivity index (χ0) is 26.1. The molecule has 1 aliphatic heterocycles. The normalized spacial score (nSPS) is 16.9. The first-order valence-electron chi connectivity index (χ1n) is 12.3. The van der Waals surface area contributed by atoms with E-state index in [1.807, 2.05) is 60.7 Å². The fourth-order valence-corrected chi connectivity index (χ4v) is 5.17. The van der Waals surface area contributed by atoms with Crippen LogP contribution in [-0.2, 0) is 9.59 Å². The van der Waals surface area contributed by atoms with Crippen molar-refractivity contribution in [3.63, 3.8) is 0 Å². The van der Waals surface area contributed by atoms with Gasteiger partial charge in [-0.25, -0.2) is 0 Å². The van der Waals surface area contributed by atoms with Crippen LogP contribution in [0, 0.1) is 0 Å². The first-order valence-corrected chi connectivity index (χ1v) is 12.7. The van der Waals surface area contributed by atoms with E-state index in [0.717, 1.165) is 35.1 Å². The molecule has 4 aromatic rings. The second-order valence-electron chi connectivity index (χ2n) is 8.97. The van der Waals surface area contributed by atoms with Crippen molar-refractivity contribution in [3.05, 3.63) is 113 Å². The second-order valence-corrected chi connectivity index (χ2v) is 9.41. The first-order chi connectivity index (χ1) is 17.9. The Bertz CT molecular complexity index is 1520. The molecule has 0 spiro atoms. The molecule has 1 amide bonds. The summed E-state index contributed by atoms with van der Waals surface area (Å²) in [4.78, 5) is 30.5. The van der Waals surface area contributed by atoms with Gasteiger partial charge in [-0.3, -0.25) is 14.5 Å². The van der Waals surface area contributed by atoms with Crippen LogP contribution < -0.4 is 9.80 Å². The van der Waals surface area contributed by atoms with Crippen molar-refractivity contribution in [1.82, 2.24) is 0 Å². The van der Waals surface area contributed by atoms with E-state index in [1.54, 1.807) is 30.3 Å². The monoisotopic (exact) mass is 510 g/mol. The van der Waals surface area contributed by atoms with E-state index in [0.29, 0.717) is 16.3 Å². The summed E-state index contributed by atoms with van der Waals surface area (Å²) in [5.41, 5.74) is 2.79. The number of amides is 1. The predicted octanol–water partition coefficient (Wildman–Crippen LogP) is 6.97. The number of aliphatic hydroxyl groups is 1. The second kappa shape index (κ2) is 10.1. The summed E-state index contributed by atoms with van der Waals surface area (Å²) in [6, 6.07) is 27.1. The van der Waals surface area contributed by atoms with Crippen molar-refractivity contribution in [2.45, 2.75) is 19.9 Å². The average molecular weight is 511 g/mol. The van der Waals surface area contributed by atoms with Gasteiger partial charge in [0.05, 0.1) is 11.6 Å². The number of hydrogen-bond acceptors (Lipinski definition) is 4. The molecule has 0 aromatic heterocycles. The maximum absolute atomic E-state index is 13.5. The molecule has 1 saturated heterocycles. The van der Waals surface area contributed by atoms with Gasteiger partial charge in [0, 0.05) is 35.1 Å². The first kappa shape index (κ1) is 24.6. The molecule has 1 N–H and O–H groups in total. The Labute approximate surface area is 221 Å². The van der Waals surface area contributed by atoms with E-state index in [-0.39, 0.29) is 11.3 Å². The summed E-state index contributed by atoms with van der Waals surface area (Å²) >= 11 is 6.25. The number of carbonyl (C=O) groups is 2. The van der Waals surface area contributed by atoms with Crippen molar-refractivity contribution in [3.8, 4) is 0 Å². The molecule has 186 valence electrons. The molecular weight excluding hydrogens is 484 g/mol. The zero-order valence-corrected chi connectivity index (χ0v) is 21.4. The van der Waals surface area contributed by atoms with Crippen molar-refractivity contribution in [1.29, 1.82) is 0 Å². The molecule has 4 aromatic carbocycles. The molecule has 5 nitrogen and oxygen atoms in total. The van der Waals surface area contributed by atoms with Crippen LogP contribution in [0.3, 0.4) is 0 Å². The third-order valence-electron chi connectivity index (χ3n) is 6.89. The van der Waals surface area contributed by atoms with Crippen LogP contribution in [0.25, 0.3) is 16.5 Å². The number of aliphatic hydroxyl groups excluding tert-OH is 1. The number of nitrogens with zero attached hydrogens (tertiary/aromatic N) is 2. The summed E-state index contributed by atoms with van der Waals surface area (Å²) < 4.78 is 0. The van der Waals surface area contributed by atoms with E-state index in [2.05, 4.69) is 18.7 Å². The average Bonchev–Trinajstić information content (AvgIpc) is 3.19. The number of Topliss-reactive ketones (excluding diaryl/α,β-unsaturated/α-hetero) is 1. The maximum atomic E-state index is 13.5. The van der Waals surface area contributed by atoms with Gasteiger partial charge in [0.15, 0.2) is 0 Å². The van der Waals surface area contributed by atoms with E-state index in [4.69, 9.17) is 11.6 Å². The number of fused-ring (bicyclic) bond motifs is 1. The molecule has 1 aliphatic rings. The summed E-state index contributed by atoms with van der Waals surface area (Å²) in [5, 5.41) is 13.9. The van der Waals surface area contributed by atoms with Gasteiger partial charge in [0.2, 0.25) is 0 Å². The molecule has 1 heterocycles. The van der Waals surface area contributed by atoms with Crippen molar-refractivity contribution in [2.24, 2.45) is 0 Å². The molecule has 0 bridgehead atoms. The molecule has 0 aliphatic carbocycles. The van der Waals surface area contributed by atoms with Gasteiger partial charge >= 0.3 is 0 Å². The van der Waals surface area contributed by atoms with Gasteiger partial charge in [-0.05, 0) is 66.6 Å². The Morgan fingerprint density at radius 2 is 1.57 bits per heavy atom. The number of benzene rings is 4. The molecule has 6 heteroatoms. The topological polar surface area (TPSA) is 60.9 Å². The third kappa shape index (κ3) is 4.47. The fraction of sp³-hybridized carbons (Fsp3) is 0.161. The van der Waals surface area contributed by atoms with Gasteiger partial charge < -0.3 is 10.0 Å². The third-order valence-corrected chi connectivity index (χ3v) is 7.13. The Morgan fingerprint density at radius 3 is 2.24 bits per heavy atom. The van der Waals surface area contributed by atoms with Crippen LogP contribution in [0.15, 0.2) is 96.6 Å². The number of hydrogen-bond donors (Lipinski definition) is 1. The van der Waals surface area contributed by atoms with Gasteiger partial charge in [0.1, 0.15) is 5.76 Å². The van der Waals surface area contributed by atoms with Crippen molar-refractivity contribution >= 4 is 51.2 Å². The quantitative estimate of drug-likeness (QED) is 0.173. The van der Waals surface area contributed by atoms with E-state index < -0.39 is 17.7 Å². The number of anilines is 2. The van der Waals surface area contributed by atoms with Crippen LogP contribution in [0.4, 0.5) is 11.4 Å². The standard InChI is InChI=1S/C31H27ClN2O3/c1-3-33(4-2)25-16-14-21(15-17-25)28-27(29(35)23-13-12-20-8-5-6-9-22(20)18-23)30(36)31(37)34(28)26-11-7-10-24(32)19-26/h5-19,28,35H,3-4H2,1-2H3/b29-27-. The van der Waals surface area contributed by atoms with E-state index in [1.165, 1.54) is 4.90 Å². The van der Waals surface area contributed by atoms with Crippen molar-refractivity contribution in [2.75, 3.05) is 22.9 Å². The van der Waals surface area contributed by atoms with Crippen LogP contribution in [0.1, 0.15) is 31.0 Å². The highest BCUT2D eigenvalue weighted by atomic mass is 35.5. The molecule has 1 atom stereocenters. The smallest absolute Gasteiger partial charge is 0.300 e. The minimum absolute atomic E-state index is 0.0517. The highest BCUT2D eigenvalue weighted by Gasteiger charge is 2.47. The lowest BCUT2D eigenvalue weighted by atomic mass is 9.94. The van der Waals surface area contributed by atoms with Crippen molar-refractivity contribution < 1.29 is 14.7 Å². The lowest BCUT2D eigenvalue weighted by Crippen LogP contribution is -2.29. The lowest BCUT2D eigenvalue weighted by molar-refractivity contribution is -0.132. The number of rotatable bonds is 6. The summed E-state index contributed by atoms with van der Waals surface area (Å²) in [6.45, 7) is 5.90. The van der Waals surface area contributed by atoms with Crippen LogP contribution >= 0.6 is 11.6 Å². The fourth-order valence-electron chi connectivity index (χ4n) is 4.99. The Balaban J connectivity index is 1.69. The predicted molar refractivity (Wildman–Crippen MR) is 150 cm³/mol. The van der Waals surface area contributed by atoms with E-state index in [9.17, 15) is 14.7 Å². The summed E-state index contributed by atoms with van der Waals surface area (Å²) in [7, 11) is 0. The van der Waals surface area contributed by atoms with Gasteiger partial charge in [-0.1, -0.05) is 66.2 Å². The summed E-state index contributed by atoms with van der Waals surface area (Å²) in [6.07, 6.45) is 0. The largest absolute Gasteiger partial charge is 0.507 e. The molecule has 1 fully saturated rings. The maximum Gasteiger partial charge on any atom is 0.300 e. The van der Waals surface area contributed by atoms with Gasteiger partial charge in [-0.15, -0.1) is 0 Å².